The van der Waals surface area contributed by atoms with E-state index in [1.54, 1.807) is 18.4 Å². The van der Waals surface area contributed by atoms with Crippen molar-refractivity contribution in [2.45, 2.75) is 13.5 Å². The molecule has 7 heteroatoms. The van der Waals surface area contributed by atoms with E-state index in [4.69, 9.17) is 9.52 Å². The van der Waals surface area contributed by atoms with Gasteiger partial charge in [-0.15, -0.1) is 0 Å². The molecule has 0 unspecified atom stereocenters. The second-order valence-electron chi connectivity index (χ2n) is 4.54. The lowest BCUT2D eigenvalue weighted by atomic mass is 10.2. The van der Waals surface area contributed by atoms with E-state index in [2.05, 4.69) is 4.98 Å². The van der Waals surface area contributed by atoms with Crippen molar-refractivity contribution in [1.29, 1.82) is 0 Å². The zero-order chi connectivity index (χ0) is 15.2. The van der Waals surface area contributed by atoms with Crippen molar-refractivity contribution in [2.24, 2.45) is 0 Å². The number of aromatic nitrogens is 1. The Labute approximate surface area is 122 Å². The van der Waals surface area contributed by atoms with Crippen molar-refractivity contribution in [1.82, 2.24) is 9.88 Å². The molecule has 0 spiro atoms. The predicted octanol–water partition coefficient (Wildman–Crippen LogP) is 2.06. The number of nitro groups is 1. The summed E-state index contributed by atoms with van der Waals surface area (Å²) in [7, 11) is 0. The van der Waals surface area contributed by atoms with Crippen LogP contribution in [0.25, 0.3) is 11.5 Å². The number of likely N-dealkylation sites (N-methyl/N-ethyl adjacent to an activating group) is 1. The van der Waals surface area contributed by atoms with Crippen molar-refractivity contribution in [3.63, 3.8) is 0 Å². The number of hydrogen-bond acceptors (Lipinski definition) is 6. The number of aliphatic hydroxyl groups is 1. The molecule has 2 rings (SSSR count). The zero-order valence-corrected chi connectivity index (χ0v) is 11.7. The highest BCUT2D eigenvalue weighted by Crippen LogP contribution is 2.22. The van der Waals surface area contributed by atoms with Crippen LogP contribution in [0.5, 0.6) is 0 Å². The number of aliphatic hydroxyl groups excluding tert-OH is 1. The highest BCUT2D eigenvalue weighted by Gasteiger charge is 2.11. The highest BCUT2D eigenvalue weighted by molar-refractivity contribution is 5.55. The van der Waals surface area contributed by atoms with Crippen LogP contribution < -0.4 is 0 Å². The molecule has 112 valence electrons. The molecule has 0 aliphatic carbocycles. The maximum Gasteiger partial charge on any atom is 0.269 e. The molecule has 1 heterocycles. The number of oxazole rings is 1. The van der Waals surface area contributed by atoms with E-state index in [0.717, 1.165) is 12.2 Å². The van der Waals surface area contributed by atoms with Gasteiger partial charge < -0.3 is 9.52 Å². The molecular formula is C14H17N3O4. The fourth-order valence-corrected chi connectivity index (χ4v) is 1.96. The fraction of sp³-hybridized carbons (Fsp3) is 0.357. The van der Waals surface area contributed by atoms with Crippen LogP contribution >= 0.6 is 0 Å². The van der Waals surface area contributed by atoms with E-state index in [1.165, 1.54) is 12.1 Å². The van der Waals surface area contributed by atoms with Crippen LogP contribution in [0.1, 0.15) is 12.6 Å². The molecular weight excluding hydrogens is 274 g/mol. The minimum Gasteiger partial charge on any atom is -0.444 e. The van der Waals surface area contributed by atoms with Crippen LogP contribution in [0.15, 0.2) is 34.9 Å². The lowest BCUT2D eigenvalue weighted by molar-refractivity contribution is -0.384. The first-order valence-electron chi connectivity index (χ1n) is 6.66. The molecule has 0 fully saturated rings. The van der Waals surface area contributed by atoms with Crippen LogP contribution in [0, 0.1) is 10.1 Å². The second-order valence-corrected chi connectivity index (χ2v) is 4.54. The number of nitrogens with zero attached hydrogens (tertiary/aromatic N) is 3. The highest BCUT2D eigenvalue weighted by atomic mass is 16.6. The van der Waals surface area contributed by atoms with Gasteiger partial charge in [0.05, 0.1) is 17.2 Å². The average molecular weight is 291 g/mol. The molecule has 0 bridgehead atoms. The van der Waals surface area contributed by atoms with E-state index < -0.39 is 4.92 Å². The monoisotopic (exact) mass is 291 g/mol. The summed E-state index contributed by atoms with van der Waals surface area (Å²) in [5.74, 6) is 0.431. The molecule has 0 atom stereocenters. The van der Waals surface area contributed by atoms with Crippen molar-refractivity contribution < 1.29 is 14.4 Å². The topological polar surface area (TPSA) is 92.6 Å². The van der Waals surface area contributed by atoms with Gasteiger partial charge in [0.2, 0.25) is 5.89 Å². The van der Waals surface area contributed by atoms with E-state index in [9.17, 15) is 10.1 Å². The third kappa shape index (κ3) is 3.87. The Balaban J connectivity index is 2.10. The number of non-ortho nitro benzene ring substituents is 1. The Morgan fingerprint density at radius 1 is 1.38 bits per heavy atom. The molecule has 1 aromatic carbocycles. The minimum absolute atomic E-state index is 0.0330. The van der Waals surface area contributed by atoms with Crippen LogP contribution in [-0.2, 0) is 6.54 Å². The number of benzene rings is 1. The third-order valence-corrected chi connectivity index (χ3v) is 3.13. The van der Waals surface area contributed by atoms with E-state index in [1.807, 2.05) is 11.8 Å². The first-order valence-corrected chi connectivity index (χ1v) is 6.66. The Morgan fingerprint density at radius 3 is 2.67 bits per heavy atom. The predicted molar refractivity (Wildman–Crippen MR) is 76.6 cm³/mol. The van der Waals surface area contributed by atoms with Gasteiger partial charge in [-0.05, 0) is 18.7 Å². The Hall–Kier alpha value is -2.25. The fourth-order valence-electron chi connectivity index (χ4n) is 1.96. The quantitative estimate of drug-likeness (QED) is 0.620. The van der Waals surface area contributed by atoms with E-state index >= 15 is 0 Å². The SMILES string of the molecule is CCN(CCO)Cc1coc(-c2ccc([N+](=O)[O-])cc2)n1. The molecule has 0 radical (unpaired) electrons. The van der Waals surface area contributed by atoms with Crippen molar-refractivity contribution in [3.8, 4) is 11.5 Å². The van der Waals surface area contributed by atoms with Gasteiger partial charge in [-0.2, -0.15) is 0 Å². The summed E-state index contributed by atoms with van der Waals surface area (Å²) in [6, 6.07) is 6.06. The molecule has 0 aliphatic rings. The molecule has 1 aromatic heterocycles. The van der Waals surface area contributed by atoms with Crippen LogP contribution in [-0.4, -0.2) is 39.6 Å². The number of hydrogen-bond donors (Lipinski definition) is 1. The maximum absolute atomic E-state index is 10.6. The largest absolute Gasteiger partial charge is 0.444 e. The van der Waals surface area contributed by atoms with Crippen molar-refractivity contribution >= 4 is 5.69 Å². The lowest BCUT2D eigenvalue weighted by Gasteiger charge is -2.16. The summed E-state index contributed by atoms with van der Waals surface area (Å²) in [5, 5.41) is 19.6. The van der Waals surface area contributed by atoms with Crippen LogP contribution in [0.3, 0.4) is 0 Å². The summed E-state index contributed by atoms with van der Waals surface area (Å²) in [4.78, 5) is 16.6. The molecule has 0 amide bonds. The number of nitro benzene ring substituents is 1. The van der Waals surface area contributed by atoms with Gasteiger partial charge in [0.15, 0.2) is 0 Å². The van der Waals surface area contributed by atoms with E-state index in [0.29, 0.717) is 24.5 Å². The first kappa shape index (κ1) is 15.1. The molecule has 7 nitrogen and oxygen atoms in total. The molecule has 2 aromatic rings. The van der Waals surface area contributed by atoms with Crippen LogP contribution in [0.4, 0.5) is 5.69 Å². The lowest BCUT2D eigenvalue weighted by Crippen LogP contribution is -2.26. The van der Waals surface area contributed by atoms with Crippen molar-refractivity contribution in [2.75, 3.05) is 19.7 Å². The zero-order valence-electron chi connectivity index (χ0n) is 11.7. The van der Waals surface area contributed by atoms with Crippen LogP contribution in [0.2, 0.25) is 0 Å². The molecule has 21 heavy (non-hydrogen) atoms. The Morgan fingerprint density at radius 2 is 2.10 bits per heavy atom. The first-order chi connectivity index (χ1) is 10.1. The second kappa shape index (κ2) is 6.96. The number of rotatable bonds is 7. The molecule has 1 N–H and O–H groups in total. The van der Waals surface area contributed by atoms with Crippen molar-refractivity contribution in [3.05, 3.63) is 46.3 Å². The molecule has 0 aliphatic heterocycles. The maximum atomic E-state index is 10.6. The normalized spacial score (nSPS) is 11.0. The van der Waals surface area contributed by atoms with Gasteiger partial charge in [-0.1, -0.05) is 6.92 Å². The van der Waals surface area contributed by atoms with E-state index in [-0.39, 0.29) is 12.3 Å². The molecule has 0 saturated carbocycles. The summed E-state index contributed by atoms with van der Waals surface area (Å²) in [6.45, 7) is 4.08. The summed E-state index contributed by atoms with van der Waals surface area (Å²) < 4.78 is 5.40. The van der Waals surface area contributed by atoms with Gasteiger partial charge >= 0.3 is 0 Å². The summed E-state index contributed by atoms with van der Waals surface area (Å²) in [5.41, 5.74) is 1.49. The van der Waals surface area contributed by atoms with Gasteiger partial charge in [-0.25, -0.2) is 4.98 Å². The third-order valence-electron chi connectivity index (χ3n) is 3.13. The van der Waals surface area contributed by atoms with Gasteiger partial charge in [0.25, 0.3) is 5.69 Å². The van der Waals surface area contributed by atoms with Gasteiger partial charge in [-0.3, -0.25) is 15.0 Å². The average Bonchev–Trinajstić information content (AvgIpc) is 2.95. The summed E-state index contributed by atoms with van der Waals surface area (Å²) >= 11 is 0. The minimum atomic E-state index is -0.446. The Bertz CT molecular complexity index is 595. The van der Waals surface area contributed by atoms with Gasteiger partial charge in [0, 0.05) is 30.8 Å². The Kier molecular flexibility index (Phi) is 5.02. The summed E-state index contributed by atoms with van der Waals surface area (Å²) in [6.07, 6.45) is 1.57. The van der Waals surface area contributed by atoms with Gasteiger partial charge in [0.1, 0.15) is 6.26 Å². The molecule has 0 saturated heterocycles. The smallest absolute Gasteiger partial charge is 0.269 e. The standard InChI is InChI=1S/C14H17N3O4/c1-2-16(7-8-18)9-12-10-21-14(15-12)11-3-5-13(6-4-11)17(19)20/h3-6,10,18H,2,7-9H2,1H3.